The second kappa shape index (κ2) is 6.63. The van der Waals surface area contributed by atoms with Crippen LogP contribution in [0, 0.1) is 0 Å². The molecule has 1 N–H and O–H groups in total. The van der Waals surface area contributed by atoms with Crippen LogP contribution < -0.4 is 14.8 Å². The molecule has 1 aliphatic carbocycles. The van der Waals surface area contributed by atoms with Crippen LogP contribution in [0.4, 0.5) is 5.69 Å². The lowest BCUT2D eigenvalue weighted by Crippen LogP contribution is -2.40. The quantitative estimate of drug-likeness (QED) is 0.753. The Hall–Kier alpha value is -3.42. The van der Waals surface area contributed by atoms with E-state index in [1.807, 2.05) is 24.3 Å². The van der Waals surface area contributed by atoms with Gasteiger partial charge >= 0.3 is 0 Å². The summed E-state index contributed by atoms with van der Waals surface area (Å²) in [6.07, 6.45) is 6.66. The van der Waals surface area contributed by atoms with Gasteiger partial charge in [-0.05, 0) is 47.5 Å². The van der Waals surface area contributed by atoms with Crippen molar-refractivity contribution < 1.29 is 14.3 Å². The van der Waals surface area contributed by atoms with Crippen LogP contribution in [0.25, 0.3) is 5.69 Å². The molecule has 0 unspecified atom stereocenters. The second-order valence-corrected chi connectivity index (χ2v) is 7.06. The fraction of sp³-hybridized carbons (Fsp3) is 0.300. The minimum atomic E-state index is -0.532. The first-order valence-corrected chi connectivity index (χ1v) is 9.38. The summed E-state index contributed by atoms with van der Waals surface area (Å²) >= 11 is 0. The van der Waals surface area contributed by atoms with Gasteiger partial charge in [0.2, 0.25) is 0 Å². The molecule has 1 aromatic heterocycles. The van der Waals surface area contributed by atoms with Crippen molar-refractivity contribution in [2.45, 2.75) is 37.9 Å². The lowest BCUT2D eigenvalue weighted by atomic mass is 9.94. The smallest absolute Gasteiger partial charge is 0.257 e. The van der Waals surface area contributed by atoms with Gasteiger partial charge in [0.05, 0.1) is 11.3 Å². The Labute approximate surface area is 161 Å². The van der Waals surface area contributed by atoms with Crippen molar-refractivity contribution in [2.24, 2.45) is 0 Å². The van der Waals surface area contributed by atoms with Gasteiger partial charge in [-0.15, -0.1) is 5.10 Å². The van der Waals surface area contributed by atoms with Crippen molar-refractivity contribution in [3.8, 4) is 17.2 Å². The number of nitrogens with zero attached hydrogens (tertiary/aromatic N) is 4. The number of rotatable bonds is 3. The number of hydrogen-bond acceptors (Lipinski definition) is 6. The summed E-state index contributed by atoms with van der Waals surface area (Å²) in [6, 6.07) is 12.6. The average molecular weight is 377 g/mol. The van der Waals surface area contributed by atoms with Gasteiger partial charge in [-0.2, -0.15) is 4.68 Å². The number of tetrazole rings is 1. The van der Waals surface area contributed by atoms with Gasteiger partial charge in [0.1, 0.15) is 6.33 Å². The number of para-hydroxylation sites is 1. The molecule has 0 atom stereocenters. The van der Waals surface area contributed by atoms with E-state index in [2.05, 4.69) is 20.8 Å². The summed E-state index contributed by atoms with van der Waals surface area (Å²) < 4.78 is 13.7. The molecule has 1 spiro atoms. The monoisotopic (exact) mass is 377 g/mol. The molecule has 0 radical (unpaired) electrons. The number of carbonyl (C=O) groups excluding carboxylic acids is 1. The maximum Gasteiger partial charge on any atom is 0.257 e. The zero-order valence-corrected chi connectivity index (χ0v) is 15.2. The summed E-state index contributed by atoms with van der Waals surface area (Å²) in [5.41, 5.74) is 1.72. The van der Waals surface area contributed by atoms with E-state index in [4.69, 9.17) is 9.47 Å². The summed E-state index contributed by atoms with van der Waals surface area (Å²) in [7, 11) is 0. The highest BCUT2D eigenvalue weighted by molar-refractivity contribution is 6.06. The molecule has 1 aliphatic heterocycles. The van der Waals surface area contributed by atoms with Crippen molar-refractivity contribution in [3.63, 3.8) is 0 Å². The van der Waals surface area contributed by atoms with Gasteiger partial charge in [0.15, 0.2) is 11.5 Å². The van der Waals surface area contributed by atoms with Crippen molar-refractivity contribution in [2.75, 3.05) is 5.32 Å². The van der Waals surface area contributed by atoms with Crippen molar-refractivity contribution >= 4 is 11.6 Å². The lowest BCUT2D eigenvalue weighted by molar-refractivity contribution is -0.105. The van der Waals surface area contributed by atoms with E-state index >= 15 is 0 Å². The number of carbonyl (C=O) groups is 1. The fourth-order valence-corrected chi connectivity index (χ4v) is 3.80. The molecule has 28 heavy (non-hydrogen) atoms. The van der Waals surface area contributed by atoms with Gasteiger partial charge in [-0.3, -0.25) is 4.79 Å². The van der Waals surface area contributed by atoms with Crippen LogP contribution in [0.2, 0.25) is 0 Å². The summed E-state index contributed by atoms with van der Waals surface area (Å²) in [5, 5.41) is 14.1. The highest BCUT2D eigenvalue weighted by Crippen LogP contribution is 2.46. The molecular weight excluding hydrogens is 358 g/mol. The predicted octanol–water partition coefficient (Wildman–Crippen LogP) is 3.35. The zero-order valence-electron chi connectivity index (χ0n) is 15.2. The van der Waals surface area contributed by atoms with Gasteiger partial charge in [-0.25, -0.2) is 0 Å². The Bertz CT molecular complexity index is 1010. The molecule has 2 aromatic carbocycles. The Kier molecular flexibility index (Phi) is 3.96. The molecule has 0 saturated heterocycles. The van der Waals surface area contributed by atoms with Crippen LogP contribution in [0.1, 0.15) is 42.5 Å². The van der Waals surface area contributed by atoms with Crippen LogP contribution in [0.3, 0.4) is 0 Å². The van der Waals surface area contributed by atoms with Crippen molar-refractivity contribution in [1.29, 1.82) is 0 Å². The normalized spacial score (nSPS) is 16.9. The van der Waals surface area contributed by atoms with Gasteiger partial charge < -0.3 is 14.8 Å². The highest BCUT2D eigenvalue weighted by atomic mass is 16.7. The lowest BCUT2D eigenvalue weighted by Gasteiger charge is -2.31. The van der Waals surface area contributed by atoms with Gasteiger partial charge in [-0.1, -0.05) is 18.6 Å². The Morgan fingerprint density at radius 1 is 1.04 bits per heavy atom. The number of anilines is 1. The third-order valence-corrected chi connectivity index (χ3v) is 5.15. The number of hydrogen-bond donors (Lipinski definition) is 1. The number of aromatic nitrogens is 4. The first-order valence-electron chi connectivity index (χ1n) is 9.38. The fourth-order valence-electron chi connectivity index (χ4n) is 3.80. The average Bonchev–Trinajstić information content (AvgIpc) is 3.36. The van der Waals surface area contributed by atoms with E-state index in [0.29, 0.717) is 22.7 Å². The maximum absolute atomic E-state index is 12.9. The summed E-state index contributed by atoms with van der Waals surface area (Å²) in [4.78, 5) is 12.9. The molecule has 2 heterocycles. The third-order valence-electron chi connectivity index (χ3n) is 5.15. The highest BCUT2D eigenvalue weighted by Gasteiger charge is 2.42. The van der Waals surface area contributed by atoms with E-state index in [-0.39, 0.29) is 5.91 Å². The minimum absolute atomic E-state index is 0.252. The Morgan fingerprint density at radius 3 is 2.68 bits per heavy atom. The maximum atomic E-state index is 12.9. The van der Waals surface area contributed by atoms with E-state index in [0.717, 1.165) is 31.4 Å². The molecule has 1 saturated carbocycles. The topological polar surface area (TPSA) is 91.2 Å². The predicted molar refractivity (Wildman–Crippen MR) is 101 cm³/mol. The molecule has 1 amide bonds. The number of ether oxygens (including phenoxy) is 2. The molecule has 2 aliphatic rings. The molecule has 8 nitrogen and oxygen atoms in total. The van der Waals surface area contributed by atoms with E-state index in [9.17, 15) is 4.79 Å². The van der Waals surface area contributed by atoms with Crippen molar-refractivity contribution in [3.05, 3.63) is 54.4 Å². The van der Waals surface area contributed by atoms with Crippen LogP contribution in [0.5, 0.6) is 11.5 Å². The number of benzene rings is 2. The van der Waals surface area contributed by atoms with Crippen molar-refractivity contribution in [1.82, 2.24) is 20.2 Å². The number of amides is 1. The van der Waals surface area contributed by atoms with E-state index < -0.39 is 5.79 Å². The first kappa shape index (κ1) is 16.7. The third kappa shape index (κ3) is 2.96. The molecule has 142 valence electrons. The SMILES string of the molecule is O=C(Nc1ccc2c(c1)OC1(CCCCC1)O2)c1ccccc1-n1cnnn1. The van der Waals surface area contributed by atoms with E-state index in [1.165, 1.54) is 17.4 Å². The second-order valence-electron chi connectivity index (χ2n) is 7.06. The largest absolute Gasteiger partial charge is 0.448 e. The Balaban J connectivity index is 1.37. The van der Waals surface area contributed by atoms with Gasteiger partial charge in [0, 0.05) is 24.6 Å². The van der Waals surface area contributed by atoms with Crippen LogP contribution in [0.15, 0.2) is 48.8 Å². The van der Waals surface area contributed by atoms with Crippen LogP contribution in [-0.2, 0) is 0 Å². The molecule has 5 rings (SSSR count). The molecular formula is C20H19N5O3. The zero-order chi connectivity index (χ0) is 19.0. The molecule has 1 fully saturated rings. The molecule has 3 aromatic rings. The number of nitrogens with one attached hydrogen (secondary N) is 1. The van der Waals surface area contributed by atoms with Crippen LogP contribution in [-0.4, -0.2) is 31.9 Å². The van der Waals surface area contributed by atoms with Gasteiger partial charge in [0.25, 0.3) is 11.7 Å². The standard InChI is InChI=1S/C20H19N5O3/c26-19(15-6-2-3-7-16(15)25-13-21-23-24-25)22-14-8-9-17-18(12-14)28-20(27-17)10-4-1-5-11-20/h2-3,6-9,12-13H,1,4-5,10-11H2,(H,22,26). The van der Waals surface area contributed by atoms with Crippen LogP contribution >= 0.6 is 0 Å². The van der Waals surface area contributed by atoms with E-state index in [1.54, 1.807) is 18.2 Å². The molecule has 8 heteroatoms. The molecule has 0 bridgehead atoms. The first-order chi connectivity index (χ1) is 13.7. The Morgan fingerprint density at radius 2 is 1.86 bits per heavy atom. The summed E-state index contributed by atoms with van der Waals surface area (Å²) in [6.45, 7) is 0. The summed E-state index contributed by atoms with van der Waals surface area (Å²) in [5.74, 6) is 0.621. The minimum Gasteiger partial charge on any atom is -0.448 e. The number of fused-ring (bicyclic) bond motifs is 1.